The Morgan fingerprint density at radius 2 is 1.85 bits per heavy atom. The fourth-order valence-electron chi connectivity index (χ4n) is 3.09. The lowest BCUT2D eigenvalue weighted by Gasteiger charge is -2.08. The number of methoxy groups -OCH3 is 1. The molecule has 0 aliphatic carbocycles. The number of anilines is 2. The number of nitrogens with zero attached hydrogens (tertiary/aromatic N) is 3. The molecule has 4 aromatic rings. The number of hydrogen-bond acceptors (Lipinski definition) is 7. The number of amides is 2. The Labute approximate surface area is 192 Å². The van der Waals surface area contributed by atoms with Gasteiger partial charge in [-0.1, -0.05) is 17.8 Å². The van der Waals surface area contributed by atoms with Gasteiger partial charge in [0.05, 0.1) is 24.7 Å². The van der Waals surface area contributed by atoms with Crippen LogP contribution in [0, 0.1) is 0 Å². The third-order valence-corrected chi connectivity index (χ3v) is 5.41. The van der Waals surface area contributed by atoms with Crippen molar-refractivity contribution in [2.45, 2.75) is 12.1 Å². The summed E-state index contributed by atoms with van der Waals surface area (Å²) in [5.74, 6) is 0.237. The van der Waals surface area contributed by atoms with Crippen molar-refractivity contribution in [3.63, 3.8) is 0 Å². The lowest BCUT2D eigenvalue weighted by Crippen LogP contribution is -2.16. The fourth-order valence-corrected chi connectivity index (χ4v) is 3.74. The number of benzene rings is 2. The zero-order valence-corrected chi connectivity index (χ0v) is 18.6. The highest BCUT2D eigenvalue weighted by atomic mass is 32.2. The van der Waals surface area contributed by atoms with E-state index >= 15 is 0 Å². The van der Waals surface area contributed by atoms with E-state index in [9.17, 15) is 14.4 Å². The van der Waals surface area contributed by atoms with Crippen molar-refractivity contribution in [3.8, 4) is 11.4 Å². The number of hydrogen-bond donors (Lipinski definition) is 3. The maximum absolute atomic E-state index is 12.5. The maximum atomic E-state index is 12.5. The van der Waals surface area contributed by atoms with Gasteiger partial charge >= 0.3 is 0 Å². The van der Waals surface area contributed by atoms with Gasteiger partial charge in [0, 0.05) is 18.3 Å². The first-order chi connectivity index (χ1) is 15.9. The summed E-state index contributed by atoms with van der Waals surface area (Å²) in [4.78, 5) is 43.3. The average molecular weight is 465 g/mol. The Balaban J connectivity index is 1.49. The zero-order valence-electron chi connectivity index (χ0n) is 17.8. The van der Waals surface area contributed by atoms with E-state index in [0.717, 1.165) is 17.4 Å². The summed E-state index contributed by atoms with van der Waals surface area (Å²) in [6.45, 7) is 1.41. The molecule has 4 rings (SSSR count). The van der Waals surface area contributed by atoms with Gasteiger partial charge in [0.1, 0.15) is 11.1 Å². The van der Waals surface area contributed by atoms with Crippen LogP contribution in [0.25, 0.3) is 16.7 Å². The van der Waals surface area contributed by atoms with Crippen LogP contribution in [-0.2, 0) is 9.59 Å². The van der Waals surface area contributed by atoms with Crippen LogP contribution in [0.15, 0.2) is 64.7 Å². The van der Waals surface area contributed by atoms with E-state index in [-0.39, 0.29) is 23.1 Å². The quantitative estimate of drug-likeness (QED) is 0.283. The van der Waals surface area contributed by atoms with Gasteiger partial charge < -0.3 is 20.4 Å². The Bertz CT molecular complexity index is 1380. The molecule has 10 nitrogen and oxygen atoms in total. The molecule has 0 saturated carbocycles. The fraction of sp³-hybridized carbons (Fsp3) is 0.136. The number of fused-ring (bicyclic) bond motifs is 1. The van der Waals surface area contributed by atoms with E-state index in [1.165, 1.54) is 13.1 Å². The average Bonchev–Trinajstić information content (AvgIpc) is 3.22. The highest BCUT2D eigenvalue weighted by Crippen LogP contribution is 2.20. The molecule has 168 valence electrons. The lowest BCUT2D eigenvalue weighted by atomic mass is 10.2. The largest absolute Gasteiger partial charge is 0.497 e. The van der Waals surface area contributed by atoms with E-state index in [1.807, 2.05) is 12.1 Å². The minimum atomic E-state index is -0.342. The van der Waals surface area contributed by atoms with Crippen molar-refractivity contribution in [2.24, 2.45) is 0 Å². The molecule has 0 aliphatic rings. The number of carbonyl (C=O) groups is 2. The molecular formula is C22H20N6O4S. The number of ether oxygens (including phenoxy) is 1. The molecule has 3 N–H and O–H groups in total. The molecule has 0 fully saturated rings. The third-order valence-electron chi connectivity index (χ3n) is 4.54. The van der Waals surface area contributed by atoms with Crippen molar-refractivity contribution in [2.75, 3.05) is 23.5 Å². The van der Waals surface area contributed by atoms with Gasteiger partial charge in [-0.25, -0.2) is 9.67 Å². The molecule has 33 heavy (non-hydrogen) atoms. The van der Waals surface area contributed by atoms with E-state index in [1.54, 1.807) is 48.2 Å². The molecule has 0 spiro atoms. The molecule has 0 saturated heterocycles. The Kier molecular flexibility index (Phi) is 6.41. The summed E-state index contributed by atoms with van der Waals surface area (Å²) in [6, 6.07) is 14.0. The van der Waals surface area contributed by atoms with Crippen LogP contribution in [0.1, 0.15) is 6.92 Å². The molecule has 2 aromatic carbocycles. The summed E-state index contributed by atoms with van der Waals surface area (Å²) in [6.07, 6.45) is 1.45. The number of rotatable bonds is 7. The second-order valence-corrected chi connectivity index (χ2v) is 7.93. The van der Waals surface area contributed by atoms with Crippen LogP contribution in [0.4, 0.5) is 11.4 Å². The Hall–Kier alpha value is -4.12. The van der Waals surface area contributed by atoms with Crippen molar-refractivity contribution >= 4 is 46.0 Å². The maximum Gasteiger partial charge on any atom is 0.262 e. The second-order valence-electron chi connectivity index (χ2n) is 6.96. The SMILES string of the molecule is COc1ccc(-n2ncc3c(=O)[nH]c(SCC(=O)Nc4cccc(NC(C)=O)c4)nc32)cc1. The smallest absolute Gasteiger partial charge is 0.262 e. The summed E-state index contributed by atoms with van der Waals surface area (Å²) < 4.78 is 6.73. The van der Waals surface area contributed by atoms with Gasteiger partial charge in [-0.15, -0.1) is 0 Å². The van der Waals surface area contributed by atoms with Crippen LogP contribution in [0.5, 0.6) is 5.75 Å². The third kappa shape index (κ3) is 5.21. The van der Waals surface area contributed by atoms with Crippen LogP contribution < -0.4 is 20.9 Å². The van der Waals surface area contributed by atoms with Crippen molar-refractivity contribution in [1.82, 2.24) is 19.7 Å². The summed E-state index contributed by atoms with van der Waals surface area (Å²) in [7, 11) is 1.58. The number of H-pyrrole nitrogens is 1. The Morgan fingerprint density at radius 1 is 1.12 bits per heavy atom. The first kappa shape index (κ1) is 22.1. The van der Waals surface area contributed by atoms with Gasteiger partial charge in [-0.2, -0.15) is 5.10 Å². The van der Waals surface area contributed by atoms with E-state index in [2.05, 4.69) is 25.7 Å². The predicted molar refractivity (Wildman–Crippen MR) is 126 cm³/mol. The molecule has 0 aliphatic heterocycles. The highest BCUT2D eigenvalue weighted by molar-refractivity contribution is 7.99. The molecule has 0 unspecified atom stereocenters. The first-order valence-electron chi connectivity index (χ1n) is 9.86. The summed E-state index contributed by atoms with van der Waals surface area (Å²) in [5, 5.41) is 10.3. The first-order valence-corrected chi connectivity index (χ1v) is 10.8. The minimum Gasteiger partial charge on any atom is -0.497 e. The van der Waals surface area contributed by atoms with Gasteiger partial charge in [0.15, 0.2) is 10.8 Å². The molecule has 0 radical (unpaired) electrons. The number of carbonyl (C=O) groups excluding carboxylic acids is 2. The second kappa shape index (κ2) is 9.57. The number of aromatic amines is 1. The molecule has 2 aromatic heterocycles. The Morgan fingerprint density at radius 3 is 2.55 bits per heavy atom. The van der Waals surface area contributed by atoms with Crippen LogP contribution >= 0.6 is 11.8 Å². The van der Waals surface area contributed by atoms with E-state index in [0.29, 0.717) is 33.3 Å². The molecule has 0 bridgehead atoms. The van der Waals surface area contributed by atoms with Crippen LogP contribution in [-0.4, -0.2) is 44.4 Å². The number of aromatic nitrogens is 4. The number of nitrogens with one attached hydrogen (secondary N) is 3. The van der Waals surface area contributed by atoms with Crippen LogP contribution in [0.3, 0.4) is 0 Å². The van der Waals surface area contributed by atoms with Crippen LogP contribution in [0.2, 0.25) is 0 Å². The zero-order chi connectivity index (χ0) is 23.4. The predicted octanol–water partition coefficient (Wildman–Crippen LogP) is 2.81. The van der Waals surface area contributed by atoms with Crippen molar-refractivity contribution in [1.29, 1.82) is 0 Å². The number of thioether (sulfide) groups is 1. The minimum absolute atomic E-state index is 0.0233. The van der Waals surface area contributed by atoms with E-state index in [4.69, 9.17) is 4.74 Å². The molecular weight excluding hydrogens is 444 g/mol. The van der Waals surface area contributed by atoms with Gasteiger partial charge in [-0.3, -0.25) is 14.4 Å². The molecule has 2 heterocycles. The summed E-state index contributed by atoms with van der Waals surface area (Å²) >= 11 is 1.10. The summed E-state index contributed by atoms with van der Waals surface area (Å²) in [5.41, 5.74) is 1.88. The van der Waals surface area contributed by atoms with Crippen molar-refractivity contribution in [3.05, 3.63) is 65.1 Å². The normalized spacial score (nSPS) is 10.7. The monoisotopic (exact) mass is 464 g/mol. The molecule has 11 heteroatoms. The standard InChI is InChI=1S/C22H20N6O4S/c1-13(29)24-14-4-3-5-15(10-14)25-19(30)12-33-22-26-20-18(21(31)27-22)11-23-28(20)16-6-8-17(32-2)9-7-16/h3-11H,12H2,1-2H3,(H,24,29)(H,25,30)(H,26,27,31). The topological polar surface area (TPSA) is 131 Å². The van der Waals surface area contributed by atoms with Crippen molar-refractivity contribution < 1.29 is 14.3 Å². The molecule has 0 atom stereocenters. The van der Waals surface area contributed by atoms with Gasteiger partial charge in [0.25, 0.3) is 5.56 Å². The van der Waals surface area contributed by atoms with Gasteiger partial charge in [0.2, 0.25) is 11.8 Å². The van der Waals surface area contributed by atoms with Gasteiger partial charge in [-0.05, 0) is 42.5 Å². The van der Waals surface area contributed by atoms with E-state index < -0.39 is 0 Å². The lowest BCUT2D eigenvalue weighted by molar-refractivity contribution is -0.114. The highest BCUT2D eigenvalue weighted by Gasteiger charge is 2.13. The molecule has 2 amide bonds.